The average Bonchev–Trinajstić information content (AvgIpc) is 2.29. The number of likely N-dealkylation sites (tertiary alicyclic amines) is 1. The van der Waals surface area contributed by atoms with Crippen molar-refractivity contribution in [1.29, 1.82) is 0 Å². The van der Waals surface area contributed by atoms with Crippen molar-refractivity contribution in [2.75, 3.05) is 19.6 Å². The Hall–Kier alpha value is -1.26. The van der Waals surface area contributed by atoms with E-state index in [0.29, 0.717) is 12.5 Å². The normalized spacial score (nSPS) is 18.5. The summed E-state index contributed by atoms with van der Waals surface area (Å²) in [4.78, 5) is 26.5. The van der Waals surface area contributed by atoms with Gasteiger partial charge in [0.1, 0.15) is 0 Å². The monoisotopic (exact) mass is 256 g/mol. The Morgan fingerprint density at radius 2 is 1.94 bits per heavy atom. The Balaban J connectivity index is 2.58. The lowest BCUT2D eigenvalue weighted by Gasteiger charge is -2.36. The summed E-state index contributed by atoms with van der Waals surface area (Å²) in [7, 11) is 0. The molecule has 0 bridgehead atoms. The van der Waals surface area contributed by atoms with E-state index in [4.69, 9.17) is 5.11 Å². The number of carboxylic acid groups (broad SMARTS) is 1. The fraction of sp³-hybridized carbons (Fsp3) is 0.846. The molecular formula is C13H24N2O3. The summed E-state index contributed by atoms with van der Waals surface area (Å²) in [6, 6.07) is -0.266. The number of piperidine rings is 1. The number of amides is 2. The van der Waals surface area contributed by atoms with Crippen molar-refractivity contribution in [2.45, 2.75) is 46.1 Å². The second-order valence-electron chi connectivity index (χ2n) is 5.19. The van der Waals surface area contributed by atoms with E-state index in [0.717, 1.165) is 25.9 Å². The minimum atomic E-state index is -0.860. The fourth-order valence-corrected chi connectivity index (χ4v) is 2.38. The SMILES string of the molecule is CCN(C(=O)N1CCC(C)CC1)C(C)CC(=O)O. The highest BCUT2D eigenvalue weighted by molar-refractivity contribution is 5.76. The highest BCUT2D eigenvalue weighted by Crippen LogP contribution is 2.18. The molecule has 0 spiro atoms. The van der Waals surface area contributed by atoms with Crippen molar-refractivity contribution in [3.05, 3.63) is 0 Å². The molecule has 0 aliphatic carbocycles. The topological polar surface area (TPSA) is 60.9 Å². The molecule has 1 aliphatic heterocycles. The summed E-state index contributed by atoms with van der Waals surface area (Å²) in [6.07, 6.45) is 2.08. The molecule has 1 heterocycles. The predicted molar refractivity (Wildman–Crippen MR) is 69.5 cm³/mol. The van der Waals surface area contributed by atoms with Crippen LogP contribution in [0.25, 0.3) is 0 Å². The van der Waals surface area contributed by atoms with Gasteiger partial charge in [0, 0.05) is 25.7 Å². The van der Waals surface area contributed by atoms with Crippen LogP contribution in [0.1, 0.15) is 40.0 Å². The van der Waals surface area contributed by atoms with E-state index in [9.17, 15) is 9.59 Å². The number of nitrogens with zero attached hydrogens (tertiary/aromatic N) is 2. The Morgan fingerprint density at radius 3 is 2.39 bits per heavy atom. The van der Waals surface area contributed by atoms with E-state index in [2.05, 4.69) is 6.92 Å². The molecule has 2 amide bonds. The molecule has 1 unspecified atom stereocenters. The Labute approximate surface area is 109 Å². The number of carbonyl (C=O) groups excluding carboxylic acids is 1. The average molecular weight is 256 g/mol. The number of hydrogen-bond acceptors (Lipinski definition) is 2. The first-order valence-electron chi connectivity index (χ1n) is 6.73. The lowest BCUT2D eigenvalue weighted by atomic mass is 9.99. The largest absolute Gasteiger partial charge is 0.481 e. The van der Waals surface area contributed by atoms with Gasteiger partial charge in [0.05, 0.1) is 6.42 Å². The highest BCUT2D eigenvalue weighted by Gasteiger charge is 2.27. The van der Waals surface area contributed by atoms with E-state index in [-0.39, 0.29) is 18.5 Å². The van der Waals surface area contributed by atoms with Gasteiger partial charge in [-0.05, 0) is 32.6 Å². The van der Waals surface area contributed by atoms with E-state index in [1.165, 1.54) is 0 Å². The maximum Gasteiger partial charge on any atom is 0.320 e. The van der Waals surface area contributed by atoms with Crippen LogP contribution in [0.3, 0.4) is 0 Å². The number of hydrogen-bond donors (Lipinski definition) is 1. The van der Waals surface area contributed by atoms with E-state index in [1.54, 1.807) is 11.8 Å². The van der Waals surface area contributed by atoms with Crippen LogP contribution in [0, 0.1) is 5.92 Å². The van der Waals surface area contributed by atoms with Crippen LogP contribution < -0.4 is 0 Å². The quantitative estimate of drug-likeness (QED) is 0.837. The van der Waals surface area contributed by atoms with Gasteiger partial charge in [-0.15, -0.1) is 0 Å². The third-order valence-corrected chi connectivity index (χ3v) is 3.64. The van der Waals surface area contributed by atoms with Crippen molar-refractivity contribution in [3.63, 3.8) is 0 Å². The van der Waals surface area contributed by atoms with Crippen LogP contribution in [0.4, 0.5) is 4.79 Å². The smallest absolute Gasteiger partial charge is 0.320 e. The number of aliphatic carboxylic acids is 1. The zero-order valence-electron chi connectivity index (χ0n) is 11.6. The zero-order valence-corrected chi connectivity index (χ0v) is 11.6. The van der Waals surface area contributed by atoms with Crippen molar-refractivity contribution < 1.29 is 14.7 Å². The molecule has 1 fully saturated rings. The van der Waals surface area contributed by atoms with E-state index < -0.39 is 5.97 Å². The molecule has 1 rings (SSSR count). The third-order valence-electron chi connectivity index (χ3n) is 3.64. The molecule has 1 atom stereocenters. The van der Waals surface area contributed by atoms with Crippen molar-refractivity contribution >= 4 is 12.0 Å². The molecule has 5 heteroatoms. The maximum atomic E-state index is 12.3. The molecule has 18 heavy (non-hydrogen) atoms. The van der Waals surface area contributed by atoms with Gasteiger partial charge in [0.25, 0.3) is 0 Å². The molecule has 1 N–H and O–H groups in total. The highest BCUT2D eigenvalue weighted by atomic mass is 16.4. The predicted octanol–water partition coefficient (Wildman–Crippen LogP) is 2.02. The summed E-state index contributed by atoms with van der Waals surface area (Å²) in [5.41, 5.74) is 0. The van der Waals surface area contributed by atoms with Gasteiger partial charge < -0.3 is 14.9 Å². The van der Waals surface area contributed by atoms with Crippen LogP contribution in [0.5, 0.6) is 0 Å². The van der Waals surface area contributed by atoms with Crippen molar-refractivity contribution in [3.8, 4) is 0 Å². The summed E-state index contributed by atoms with van der Waals surface area (Å²) in [5.74, 6) is -0.179. The van der Waals surface area contributed by atoms with Crippen LogP contribution >= 0.6 is 0 Å². The summed E-state index contributed by atoms with van der Waals surface area (Å²) < 4.78 is 0. The molecule has 104 valence electrons. The zero-order chi connectivity index (χ0) is 13.7. The lowest BCUT2D eigenvalue weighted by Crippen LogP contribution is -2.50. The summed E-state index contributed by atoms with van der Waals surface area (Å²) in [5, 5.41) is 8.80. The second-order valence-corrected chi connectivity index (χ2v) is 5.19. The molecule has 0 aromatic carbocycles. The molecule has 1 saturated heterocycles. The number of carboxylic acids is 1. The van der Waals surface area contributed by atoms with E-state index in [1.807, 2.05) is 11.8 Å². The van der Waals surface area contributed by atoms with Gasteiger partial charge in [-0.25, -0.2) is 4.79 Å². The van der Waals surface area contributed by atoms with Gasteiger partial charge in [-0.1, -0.05) is 6.92 Å². The number of urea groups is 1. The summed E-state index contributed by atoms with van der Waals surface area (Å²) in [6.45, 7) is 8.02. The van der Waals surface area contributed by atoms with Crippen molar-refractivity contribution in [2.24, 2.45) is 5.92 Å². The minimum Gasteiger partial charge on any atom is -0.481 e. The maximum absolute atomic E-state index is 12.3. The van der Waals surface area contributed by atoms with Gasteiger partial charge in [-0.3, -0.25) is 4.79 Å². The Kier molecular flexibility index (Phi) is 5.44. The van der Waals surface area contributed by atoms with Gasteiger partial charge in [0.2, 0.25) is 0 Å². The van der Waals surface area contributed by atoms with Gasteiger partial charge >= 0.3 is 12.0 Å². The molecule has 0 radical (unpaired) electrons. The molecule has 0 saturated carbocycles. The Bertz CT molecular complexity index is 299. The molecular weight excluding hydrogens is 232 g/mol. The fourth-order valence-electron chi connectivity index (χ4n) is 2.38. The van der Waals surface area contributed by atoms with Crippen LogP contribution in [0.2, 0.25) is 0 Å². The third kappa shape index (κ3) is 3.89. The number of rotatable bonds is 4. The first-order valence-corrected chi connectivity index (χ1v) is 6.73. The molecule has 0 aromatic rings. The Morgan fingerprint density at radius 1 is 1.39 bits per heavy atom. The van der Waals surface area contributed by atoms with Crippen molar-refractivity contribution in [1.82, 2.24) is 9.80 Å². The standard InChI is InChI=1S/C13H24N2O3/c1-4-15(11(3)9-12(16)17)13(18)14-7-5-10(2)6-8-14/h10-11H,4-9H2,1-3H3,(H,16,17). The molecule has 0 aromatic heterocycles. The van der Waals surface area contributed by atoms with Crippen LogP contribution in [-0.4, -0.2) is 52.6 Å². The minimum absolute atomic E-state index is 0.00379. The van der Waals surface area contributed by atoms with Gasteiger partial charge in [-0.2, -0.15) is 0 Å². The first-order chi connectivity index (χ1) is 8.45. The second kappa shape index (κ2) is 6.61. The van der Waals surface area contributed by atoms with Crippen LogP contribution in [-0.2, 0) is 4.79 Å². The summed E-state index contributed by atoms with van der Waals surface area (Å²) >= 11 is 0. The molecule has 5 nitrogen and oxygen atoms in total. The van der Waals surface area contributed by atoms with Gasteiger partial charge in [0.15, 0.2) is 0 Å². The number of carbonyl (C=O) groups is 2. The molecule has 1 aliphatic rings. The lowest BCUT2D eigenvalue weighted by molar-refractivity contribution is -0.138. The van der Waals surface area contributed by atoms with Crippen LogP contribution in [0.15, 0.2) is 0 Å². The van der Waals surface area contributed by atoms with E-state index >= 15 is 0 Å². The first kappa shape index (κ1) is 14.8.